The second-order valence-electron chi connectivity index (χ2n) is 12.1. The molecular formula is C35H73NO. The molecule has 224 valence electrons. The molecule has 37 heavy (non-hydrogen) atoms. The van der Waals surface area contributed by atoms with Crippen molar-refractivity contribution in [1.82, 2.24) is 0 Å². The van der Waals surface area contributed by atoms with Gasteiger partial charge in [0.2, 0.25) is 0 Å². The summed E-state index contributed by atoms with van der Waals surface area (Å²) >= 11 is 0. The van der Waals surface area contributed by atoms with Crippen molar-refractivity contribution in [2.24, 2.45) is 11.7 Å². The number of nitrogens with two attached hydrogens (primary N) is 1. The van der Waals surface area contributed by atoms with Gasteiger partial charge < -0.3 is 10.5 Å². The van der Waals surface area contributed by atoms with Crippen LogP contribution in [-0.2, 0) is 4.74 Å². The van der Waals surface area contributed by atoms with Gasteiger partial charge in [-0.25, -0.2) is 0 Å². The van der Waals surface area contributed by atoms with Crippen LogP contribution in [0.1, 0.15) is 200 Å². The van der Waals surface area contributed by atoms with Crippen LogP contribution in [0.2, 0.25) is 0 Å². The fraction of sp³-hybridized carbons (Fsp3) is 1.00. The fourth-order valence-electron chi connectivity index (χ4n) is 5.65. The zero-order valence-corrected chi connectivity index (χ0v) is 26.2. The molecule has 1 unspecified atom stereocenters. The lowest BCUT2D eigenvalue weighted by Crippen LogP contribution is -2.12. The van der Waals surface area contributed by atoms with E-state index in [0.717, 1.165) is 32.1 Å². The summed E-state index contributed by atoms with van der Waals surface area (Å²) in [6, 6.07) is 0. The molecule has 0 spiro atoms. The van der Waals surface area contributed by atoms with Gasteiger partial charge in [0.25, 0.3) is 0 Å². The largest absolute Gasteiger partial charge is 0.381 e. The molecule has 0 bridgehead atoms. The van der Waals surface area contributed by atoms with Crippen LogP contribution in [0.25, 0.3) is 0 Å². The Morgan fingerprint density at radius 2 is 0.703 bits per heavy atom. The summed E-state index contributed by atoms with van der Waals surface area (Å²) in [7, 11) is 0. The van der Waals surface area contributed by atoms with Crippen LogP contribution in [0.5, 0.6) is 0 Å². The van der Waals surface area contributed by atoms with E-state index in [2.05, 4.69) is 13.8 Å². The Morgan fingerprint density at radius 1 is 0.405 bits per heavy atom. The van der Waals surface area contributed by atoms with Crippen LogP contribution in [0, 0.1) is 5.92 Å². The van der Waals surface area contributed by atoms with Crippen LogP contribution in [0.4, 0.5) is 0 Å². The number of rotatable bonds is 33. The highest BCUT2D eigenvalue weighted by Gasteiger charge is 2.09. The predicted octanol–water partition coefficient (Wildman–Crippen LogP) is 11.9. The Balaban J connectivity index is 3.63. The Labute approximate surface area is 236 Å². The maximum absolute atomic E-state index is 5.98. The maximum atomic E-state index is 5.98. The van der Waals surface area contributed by atoms with Crippen molar-refractivity contribution in [2.45, 2.75) is 200 Å². The smallest absolute Gasteiger partial charge is 0.0494 e. The Hall–Kier alpha value is -0.0800. The summed E-state index contributed by atoms with van der Waals surface area (Å²) in [6.45, 7) is 7.18. The first-order valence-electron chi connectivity index (χ1n) is 17.6. The summed E-state index contributed by atoms with van der Waals surface area (Å²) in [4.78, 5) is 0. The van der Waals surface area contributed by atoms with Gasteiger partial charge in [0, 0.05) is 13.2 Å². The third-order valence-electron chi connectivity index (χ3n) is 8.28. The van der Waals surface area contributed by atoms with Gasteiger partial charge in [0.1, 0.15) is 0 Å². The highest BCUT2D eigenvalue weighted by atomic mass is 16.5. The molecule has 0 fully saturated rings. The molecule has 0 aliphatic carbocycles. The van der Waals surface area contributed by atoms with E-state index in [1.54, 1.807) is 0 Å². The Morgan fingerprint density at radius 3 is 1.00 bits per heavy atom. The van der Waals surface area contributed by atoms with Crippen molar-refractivity contribution in [2.75, 3.05) is 19.8 Å². The molecular weight excluding hydrogens is 450 g/mol. The normalized spacial score (nSPS) is 12.4. The van der Waals surface area contributed by atoms with Crippen molar-refractivity contribution in [3.05, 3.63) is 0 Å². The van der Waals surface area contributed by atoms with Crippen molar-refractivity contribution < 1.29 is 4.74 Å². The van der Waals surface area contributed by atoms with E-state index in [9.17, 15) is 0 Å². The van der Waals surface area contributed by atoms with Gasteiger partial charge in [-0.2, -0.15) is 0 Å². The number of ether oxygens (including phenoxy) is 1. The molecule has 0 rings (SSSR count). The van der Waals surface area contributed by atoms with Crippen molar-refractivity contribution in [3.8, 4) is 0 Å². The summed E-state index contributed by atoms with van der Waals surface area (Å²) < 4.78 is 5.98. The van der Waals surface area contributed by atoms with Gasteiger partial charge in [0.05, 0.1) is 0 Å². The van der Waals surface area contributed by atoms with Gasteiger partial charge in [0.15, 0.2) is 0 Å². The number of hydrogen-bond donors (Lipinski definition) is 1. The number of hydrogen-bond acceptors (Lipinski definition) is 2. The summed E-state index contributed by atoms with van der Waals surface area (Å²) in [6.07, 6.45) is 41.3. The third-order valence-corrected chi connectivity index (χ3v) is 8.28. The zero-order chi connectivity index (χ0) is 26.9. The minimum atomic E-state index is 0.752. The van der Waals surface area contributed by atoms with E-state index in [1.807, 2.05) is 0 Å². The highest BCUT2D eigenvalue weighted by molar-refractivity contribution is 4.61. The lowest BCUT2D eigenvalue weighted by molar-refractivity contribution is 0.0902. The maximum Gasteiger partial charge on any atom is 0.0494 e. The summed E-state index contributed by atoms with van der Waals surface area (Å²) in [5.74, 6) is 0.776. The van der Waals surface area contributed by atoms with Crippen LogP contribution in [0.15, 0.2) is 0 Å². The van der Waals surface area contributed by atoms with E-state index >= 15 is 0 Å². The first-order chi connectivity index (χ1) is 18.3. The van der Waals surface area contributed by atoms with Gasteiger partial charge in [-0.15, -0.1) is 0 Å². The molecule has 0 aliphatic rings. The van der Waals surface area contributed by atoms with Crippen LogP contribution >= 0.6 is 0 Å². The van der Waals surface area contributed by atoms with Crippen LogP contribution < -0.4 is 5.73 Å². The lowest BCUT2D eigenvalue weighted by Gasteiger charge is -2.17. The molecule has 0 aromatic heterocycles. The van der Waals surface area contributed by atoms with Gasteiger partial charge in [-0.3, -0.25) is 0 Å². The van der Waals surface area contributed by atoms with Crippen molar-refractivity contribution >= 4 is 0 Å². The van der Waals surface area contributed by atoms with E-state index in [1.165, 1.54) is 180 Å². The molecule has 0 aliphatic heterocycles. The summed E-state index contributed by atoms with van der Waals surface area (Å²) in [5.41, 5.74) is 5.64. The zero-order valence-electron chi connectivity index (χ0n) is 26.2. The SMILES string of the molecule is CCCCCCCCCCCCCCCCC(CCCCCCCCCCCCCC)COCCCN. The van der Waals surface area contributed by atoms with Gasteiger partial charge >= 0.3 is 0 Å². The molecule has 0 heterocycles. The minimum absolute atomic E-state index is 0.752. The van der Waals surface area contributed by atoms with Crippen molar-refractivity contribution in [1.29, 1.82) is 0 Å². The Kier molecular flexibility index (Phi) is 33.9. The molecule has 0 aromatic carbocycles. The third kappa shape index (κ3) is 32.0. The van der Waals surface area contributed by atoms with E-state index in [-0.39, 0.29) is 0 Å². The molecule has 2 nitrogen and oxygen atoms in total. The molecule has 0 amide bonds. The second kappa shape index (κ2) is 33.9. The molecule has 0 saturated carbocycles. The molecule has 2 N–H and O–H groups in total. The highest BCUT2D eigenvalue weighted by Crippen LogP contribution is 2.21. The van der Waals surface area contributed by atoms with E-state index in [4.69, 9.17) is 10.5 Å². The van der Waals surface area contributed by atoms with E-state index < -0.39 is 0 Å². The molecule has 0 aromatic rings. The predicted molar refractivity (Wildman–Crippen MR) is 169 cm³/mol. The minimum Gasteiger partial charge on any atom is -0.381 e. The molecule has 0 radical (unpaired) electrons. The molecule has 0 saturated heterocycles. The average Bonchev–Trinajstić information content (AvgIpc) is 2.91. The quantitative estimate of drug-likeness (QED) is 0.0868. The second-order valence-corrected chi connectivity index (χ2v) is 12.1. The van der Waals surface area contributed by atoms with Crippen molar-refractivity contribution in [3.63, 3.8) is 0 Å². The molecule has 2 heteroatoms. The monoisotopic (exact) mass is 524 g/mol. The lowest BCUT2D eigenvalue weighted by atomic mass is 9.94. The fourth-order valence-corrected chi connectivity index (χ4v) is 5.65. The average molecular weight is 524 g/mol. The first-order valence-corrected chi connectivity index (χ1v) is 17.6. The van der Waals surface area contributed by atoms with Gasteiger partial charge in [-0.1, -0.05) is 181 Å². The van der Waals surface area contributed by atoms with E-state index in [0.29, 0.717) is 0 Å². The summed E-state index contributed by atoms with van der Waals surface area (Å²) in [5, 5.41) is 0. The standard InChI is InChI=1S/C35H73NO/c1-3-5-7-9-11-13-15-17-18-20-22-24-26-28-31-35(34-37-33-29-32-36)30-27-25-23-21-19-16-14-12-10-8-6-4-2/h35H,3-34,36H2,1-2H3. The van der Waals surface area contributed by atoms with Crippen LogP contribution in [-0.4, -0.2) is 19.8 Å². The number of unbranched alkanes of at least 4 members (excludes halogenated alkanes) is 24. The topological polar surface area (TPSA) is 35.2 Å². The Bertz CT molecular complexity index is 385. The van der Waals surface area contributed by atoms with Crippen LogP contribution in [0.3, 0.4) is 0 Å². The van der Waals surface area contributed by atoms with Gasteiger partial charge in [-0.05, 0) is 31.7 Å². The first kappa shape index (κ1) is 36.9. The molecule has 1 atom stereocenters.